The van der Waals surface area contributed by atoms with Gasteiger partial charge in [-0.05, 0) is 24.3 Å². The maximum absolute atomic E-state index is 12.8. The lowest BCUT2D eigenvalue weighted by Crippen LogP contribution is -2.60. The predicted molar refractivity (Wildman–Crippen MR) is 113 cm³/mol. The molecule has 0 aliphatic carbocycles. The van der Waals surface area contributed by atoms with E-state index in [1.807, 2.05) is 0 Å². The number of sulfonamides is 2. The van der Waals surface area contributed by atoms with Gasteiger partial charge >= 0.3 is 0 Å². The van der Waals surface area contributed by atoms with E-state index in [0.29, 0.717) is 4.47 Å². The number of phenolic OH excluding ortho intramolecular Hbond substituents is 1. The number of ether oxygens (including phenoxy) is 1. The van der Waals surface area contributed by atoms with Crippen molar-refractivity contribution in [2.24, 2.45) is 0 Å². The molecule has 0 saturated carbocycles. The van der Waals surface area contributed by atoms with Crippen LogP contribution in [0.15, 0.2) is 39.7 Å². The second-order valence-corrected chi connectivity index (χ2v) is 11.8. The van der Waals surface area contributed by atoms with E-state index in [1.165, 1.54) is 12.1 Å². The number of hydrogen-bond donors (Lipinski definition) is 2. The third-order valence-electron chi connectivity index (χ3n) is 3.96. The molecule has 2 aromatic rings. The van der Waals surface area contributed by atoms with Crippen LogP contribution < -0.4 is 9.46 Å². The molecule has 0 aromatic heterocycles. The lowest BCUT2D eigenvalue weighted by atomic mass is 10.2. The minimum Gasteiger partial charge on any atom is -0.507 e. The zero-order valence-electron chi connectivity index (χ0n) is 14.8. The van der Waals surface area contributed by atoms with Gasteiger partial charge in [0.25, 0.3) is 0 Å². The molecule has 0 unspecified atom stereocenters. The number of benzene rings is 2. The first-order valence-corrected chi connectivity index (χ1v) is 12.9. The summed E-state index contributed by atoms with van der Waals surface area (Å²) in [5.74, 6) is -0.240. The Hall–Kier alpha value is -1.08. The summed E-state index contributed by atoms with van der Waals surface area (Å²) in [5.41, 5.74) is 0. The molecular formula is C16H15BrCl2N2O6S2. The smallest absolute Gasteiger partial charge is 0.246 e. The van der Waals surface area contributed by atoms with Crippen molar-refractivity contribution in [3.05, 3.63) is 44.8 Å². The van der Waals surface area contributed by atoms with Crippen LogP contribution in [0.3, 0.4) is 0 Å². The van der Waals surface area contributed by atoms with Crippen LogP contribution >= 0.6 is 39.1 Å². The van der Waals surface area contributed by atoms with Crippen molar-refractivity contribution in [1.29, 1.82) is 0 Å². The van der Waals surface area contributed by atoms with Crippen molar-refractivity contribution < 1.29 is 26.7 Å². The first-order valence-electron chi connectivity index (χ1n) is 7.99. The van der Waals surface area contributed by atoms with Crippen molar-refractivity contribution in [1.82, 2.24) is 9.03 Å². The van der Waals surface area contributed by atoms with E-state index in [2.05, 4.69) is 20.7 Å². The van der Waals surface area contributed by atoms with Crippen LogP contribution in [0.5, 0.6) is 17.2 Å². The molecule has 13 heteroatoms. The fraction of sp³-hybridized carbons (Fsp3) is 0.250. The highest BCUT2D eigenvalue weighted by atomic mass is 79.9. The van der Waals surface area contributed by atoms with Crippen molar-refractivity contribution in [2.45, 2.75) is 10.9 Å². The van der Waals surface area contributed by atoms with Gasteiger partial charge in [0, 0.05) is 29.7 Å². The molecule has 2 N–H and O–H groups in total. The Balaban J connectivity index is 1.85. The fourth-order valence-corrected chi connectivity index (χ4v) is 6.33. The number of aromatic hydroxyl groups is 1. The lowest BCUT2D eigenvalue weighted by molar-refractivity contribution is 0.249. The first kappa shape index (κ1) is 22.6. The molecule has 0 atom stereocenters. The summed E-state index contributed by atoms with van der Waals surface area (Å²) in [5, 5.41) is 10.5. The lowest BCUT2D eigenvalue weighted by Gasteiger charge is -2.37. The molecule has 1 heterocycles. The second-order valence-electron chi connectivity index (χ2n) is 6.34. The topological polar surface area (TPSA) is 113 Å². The second kappa shape index (κ2) is 8.22. The summed E-state index contributed by atoms with van der Waals surface area (Å²) >= 11 is 15.5. The van der Waals surface area contributed by atoms with E-state index in [9.17, 15) is 21.9 Å². The molecule has 0 spiro atoms. The number of nitrogens with one attached hydrogen (secondary N) is 1. The molecule has 8 nitrogen and oxygen atoms in total. The van der Waals surface area contributed by atoms with Gasteiger partial charge in [0.15, 0.2) is 5.75 Å². The summed E-state index contributed by atoms with van der Waals surface area (Å²) in [7, 11) is -7.52. The quantitative estimate of drug-likeness (QED) is 0.576. The Bertz CT molecular complexity index is 1140. The van der Waals surface area contributed by atoms with E-state index < -0.39 is 31.8 Å². The minimum atomic E-state index is -4.07. The zero-order chi connectivity index (χ0) is 21.6. The first-order chi connectivity index (χ1) is 13.4. The highest BCUT2D eigenvalue weighted by Crippen LogP contribution is 2.40. The Kier molecular flexibility index (Phi) is 6.40. The van der Waals surface area contributed by atoms with Crippen molar-refractivity contribution in [3.8, 4) is 17.2 Å². The molecule has 0 radical (unpaired) electrons. The van der Waals surface area contributed by atoms with Crippen LogP contribution in [0.25, 0.3) is 0 Å². The van der Waals surface area contributed by atoms with Gasteiger partial charge in [0.2, 0.25) is 20.0 Å². The molecule has 158 valence electrons. The summed E-state index contributed by atoms with van der Waals surface area (Å²) in [6, 6.07) is 6.30. The molecule has 1 aliphatic heterocycles. The Morgan fingerprint density at radius 2 is 1.72 bits per heavy atom. The third-order valence-corrected chi connectivity index (χ3v) is 7.60. The average Bonchev–Trinajstić information content (AvgIpc) is 2.54. The van der Waals surface area contributed by atoms with Crippen LogP contribution in [-0.2, 0) is 20.0 Å². The molecule has 0 bridgehead atoms. The van der Waals surface area contributed by atoms with E-state index in [0.717, 1.165) is 16.6 Å². The van der Waals surface area contributed by atoms with E-state index in [-0.39, 0.29) is 39.5 Å². The van der Waals surface area contributed by atoms with Crippen LogP contribution in [0, 0.1) is 0 Å². The number of nitrogens with zero attached hydrogens (tertiary/aromatic N) is 1. The SMILES string of the molecule is CS(=O)(=O)NC1CN(S(=O)(=O)c2cc(Oc3c(Cl)cc(Br)cc3Cl)ccc2O)C1. The minimum absolute atomic E-state index is 0.0513. The molecule has 1 saturated heterocycles. The van der Waals surface area contributed by atoms with Crippen LogP contribution in [0.4, 0.5) is 0 Å². The average molecular weight is 546 g/mol. The molecule has 3 rings (SSSR count). The van der Waals surface area contributed by atoms with Crippen LogP contribution in [0.2, 0.25) is 10.0 Å². The largest absolute Gasteiger partial charge is 0.507 e. The van der Waals surface area contributed by atoms with Gasteiger partial charge < -0.3 is 9.84 Å². The number of halogens is 3. The maximum Gasteiger partial charge on any atom is 0.246 e. The highest BCUT2D eigenvalue weighted by molar-refractivity contribution is 9.10. The van der Waals surface area contributed by atoms with Gasteiger partial charge in [-0.3, -0.25) is 0 Å². The maximum atomic E-state index is 12.8. The Morgan fingerprint density at radius 1 is 1.14 bits per heavy atom. The highest BCUT2D eigenvalue weighted by Gasteiger charge is 2.39. The normalized spacial score (nSPS) is 15.9. The standard InChI is InChI=1S/C16H15BrCl2N2O6S2/c1-28(23,24)20-10-7-21(8-10)29(25,26)15-6-11(2-3-14(15)22)27-16-12(18)4-9(17)5-13(16)19/h2-6,10,20,22H,7-8H2,1H3. The van der Waals surface area contributed by atoms with Crippen LogP contribution in [-0.4, -0.2) is 51.6 Å². The van der Waals surface area contributed by atoms with Gasteiger partial charge in [-0.2, -0.15) is 4.31 Å². The van der Waals surface area contributed by atoms with E-state index in [4.69, 9.17) is 27.9 Å². The number of hydrogen-bond acceptors (Lipinski definition) is 6. The molecular weight excluding hydrogens is 531 g/mol. The van der Waals surface area contributed by atoms with Gasteiger partial charge in [-0.1, -0.05) is 39.1 Å². The van der Waals surface area contributed by atoms with Crippen molar-refractivity contribution in [3.63, 3.8) is 0 Å². The van der Waals surface area contributed by atoms with E-state index in [1.54, 1.807) is 12.1 Å². The monoisotopic (exact) mass is 544 g/mol. The van der Waals surface area contributed by atoms with Crippen LogP contribution in [0.1, 0.15) is 0 Å². The summed E-state index contributed by atoms with van der Waals surface area (Å²) in [4.78, 5) is -0.378. The summed E-state index contributed by atoms with van der Waals surface area (Å²) in [6.45, 7) is -0.103. The molecule has 2 aromatic carbocycles. The van der Waals surface area contributed by atoms with Crippen molar-refractivity contribution >= 4 is 59.2 Å². The predicted octanol–water partition coefficient (Wildman–Crippen LogP) is 3.18. The fourth-order valence-electron chi connectivity index (χ4n) is 2.66. The zero-order valence-corrected chi connectivity index (χ0v) is 19.5. The van der Waals surface area contributed by atoms with E-state index >= 15 is 0 Å². The molecule has 1 fully saturated rings. The van der Waals surface area contributed by atoms with Gasteiger partial charge in [0.1, 0.15) is 16.4 Å². The van der Waals surface area contributed by atoms with Gasteiger partial charge in [-0.15, -0.1) is 0 Å². The third kappa shape index (κ3) is 5.16. The van der Waals surface area contributed by atoms with Crippen molar-refractivity contribution in [2.75, 3.05) is 19.3 Å². The molecule has 0 amide bonds. The number of rotatable bonds is 6. The van der Waals surface area contributed by atoms with Gasteiger partial charge in [-0.25, -0.2) is 21.6 Å². The summed E-state index contributed by atoms with van der Waals surface area (Å²) in [6.07, 6.45) is 0.995. The Labute approximate surface area is 186 Å². The summed E-state index contributed by atoms with van der Waals surface area (Å²) < 4.78 is 57.8. The Morgan fingerprint density at radius 3 is 2.28 bits per heavy atom. The number of phenols is 1. The van der Waals surface area contributed by atoms with Gasteiger partial charge in [0.05, 0.1) is 16.3 Å². The molecule has 29 heavy (non-hydrogen) atoms. The molecule has 1 aliphatic rings.